The average Bonchev–Trinajstić information content (AvgIpc) is 2.25. The number of carboxylic acids is 1. The first kappa shape index (κ1) is 11.1. The Kier molecular flexibility index (Phi) is 3.69. The number of anilines is 1. The zero-order valence-corrected chi connectivity index (χ0v) is 8.47. The van der Waals surface area contributed by atoms with Gasteiger partial charge in [-0.1, -0.05) is 0 Å². The van der Waals surface area contributed by atoms with E-state index in [-0.39, 0.29) is 5.56 Å². The predicted molar refractivity (Wildman–Crippen MR) is 57.9 cm³/mol. The minimum Gasteiger partial charge on any atom is -0.478 e. The van der Waals surface area contributed by atoms with E-state index in [1.54, 1.807) is 11.9 Å². The standard InChI is InChI=1S/C11H12N2O2/c1-3-4-7-13(2)10-8-12-6-5-9(10)11(14)15/h1,5-6,8H,4,7H2,2H3,(H,14,15). The number of rotatable bonds is 4. The molecule has 0 fully saturated rings. The maximum absolute atomic E-state index is 10.9. The second kappa shape index (κ2) is 5.01. The van der Waals surface area contributed by atoms with Crippen LogP contribution in [0.1, 0.15) is 16.8 Å². The van der Waals surface area contributed by atoms with Gasteiger partial charge in [-0.05, 0) is 6.07 Å². The number of terminal acetylenes is 1. The smallest absolute Gasteiger partial charge is 0.337 e. The Morgan fingerprint density at radius 2 is 2.47 bits per heavy atom. The third-order valence-corrected chi connectivity index (χ3v) is 2.03. The van der Waals surface area contributed by atoms with E-state index in [0.29, 0.717) is 18.7 Å². The number of aromatic carboxylic acids is 1. The first-order chi connectivity index (χ1) is 7.16. The molecule has 78 valence electrons. The second-order valence-electron chi connectivity index (χ2n) is 3.07. The van der Waals surface area contributed by atoms with Crippen LogP contribution in [0.3, 0.4) is 0 Å². The first-order valence-corrected chi connectivity index (χ1v) is 4.48. The summed E-state index contributed by atoms with van der Waals surface area (Å²) in [5.74, 6) is 1.55. The molecule has 1 rings (SSSR count). The summed E-state index contributed by atoms with van der Waals surface area (Å²) >= 11 is 0. The molecule has 0 saturated heterocycles. The molecule has 0 unspecified atom stereocenters. The van der Waals surface area contributed by atoms with Gasteiger partial charge in [0.2, 0.25) is 0 Å². The molecule has 1 aromatic rings. The SMILES string of the molecule is C#CCCN(C)c1cnccc1C(=O)O. The highest BCUT2D eigenvalue weighted by Crippen LogP contribution is 2.17. The number of hydrogen-bond donors (Lipinski definition) is 1. The van der Waals surface area contributed by atoms with Gasteiger partial charge in [-0.25, -0.2) is 4.79 Å². The van der Waals surface area contributed by atoms with Gasteiger partial charge >= 0.3 is 5.97 Å². The van der Waals surface area contributed by atoms with Gasteiger partial charge in [-0.2, -0.15) is 0 Å². The fourth-order valence-electron chi connectivity index (χ4n) is 1.22. The van der Waals surface area contributed by atoms with Crippen molar-refractivity contribution in [3.05, 3.63) is 24.0 Å². The van der Waals surface area contributed by atoms with Crippen LogP contribution in [0.5, 0.6) is 0 Å². The van der Waals surface area contributed by atoms with E-state index >= 15 is 0 Å². The molecule has 0 radical (unpaired) electrons. The van der Waals surface area contributed by atoms with Crippen LogP contribution in [0.2, 0.25) is 0 Å². The molecular formula is C11H12N2O2. The summed E-state index contributed by atoms with van der Waals surface area (Å²) in [7, 11) is 1.79. The lowest BCUT2D eigenvalue weighted by molar-refractivity contribution is 0.0697. The average molecular weight is 204 g/mol. The number of nitrogens with zero attached hydrogens (tertiary/aromatic N) is 2. The Morgan fingerprint density at radius 3 is 3.07 bits per heavy atom. The van der Waals surface area contributed by atoms with E-state index in [1.807, 2.05) is 0 Å². The first-order valence-electron chi connectivity index (χ1n) is 4.48. The number of pyridine rings is 1. The van der Waals surface area contributed by atoms with E-state index in [4.69, 9.17) is 11.5 Å². The van der Waals surface area contributed by atoms with Crippen molar-refractivity contribution in [1.29, 1.82) is 0 Å². The van der Waals surface area contributed by atoms with Crippen LogP contribution in [0, 0.1) is 12.3 Å². The zero-order chi connectivity index (χ0) is 11.3. The molecule has 0 atom stereocenters. The van der Waals surface area contributed by atoms with Gasteiger partial charge in [0.1, 0.15) is 0 Å². The molecule has 0 aliphatic carbocycles. The molecule has 0 aromatic carbocycles. The third kappa shape index (κ3) is 2.71. The van der Waals surface area contributed by atoms with Crippen LogP contribution in [-0.4, -0.2) is 29.7 Å². The summed E-state index contributed by atoms with van der Waals surface area (Å²) in [6, 6.07) is 1.48. The summed E-state index contributed by atoms with van der Waals surface area (Å²) in [6.07, 6.45) is 8.71. The van der Waals surface area contributed by atoms with Crippen LogP contribution in [0.15, 0.2) is 18.5 Å². The lowest BCUT2D eigenvalue weighted by Crippen LogP contribution is -2.21. The van der Waals surface area contributed by atoms with Crippen LogP contribution in [-0.2, 0) is 0 Å². The molecule has 15 heavy (non-hydrogen) atoms. The van der Waals surface area contributed by atoms with Gasteiger partial charge in [0.15, 0.2) is 0 Å². The summed E-state index contributed by atoms with van der Waals surface area (Å²) in [4.78, 5) is 16.6. The van der Waals surface area contributed by atoms with Crippen LogP contribution in [0.25, 0.3) is 0 Å². The topological polar surface area (TPSA) is 53.4 Å². The van der Waals surface area contributed by atoms with E-state index in [1.165, 1.54) is 18.5 Å². The molecule has 4 nitrogen and oxygen atoms in total. The summed E-state index contributed by atoms with van der Waals surface area (Å²) in [5.41, 5.74) is 0.824. The normalized spacial score (nSPS) is 9.33. The van der Waals surface area contributed by atoms with Gasteiger partial charge in [-0.15, -0.1) is 12.3 Å². The number of aromatic nitrogens is 1. The Morgan fingerprint density at radius 1 is 1.73 bits per heavy atom. The predicted octanol–water partition coefficient (Wildman–Crippen LogP) is 1.24. The quantitative estimate of drug-likeness (QED) is 0.750. The Balaban J connectivity index is 2.93. The van der Waals surface area contributed by atoms with Gasteiger partial charge in [-0.3, -0.25) is 4.98 Å². The number of carbonyl (C=O) groups is 1. The molecule has 0 spiro atoms. The van der Waals surface area contributed by atoms with Crippen molar-refractivity contribution in [2.24, 2.45) is 0 Å². The van der Waals surface area contributed by atoms with E-state index in [2.05, 4.69) is 10.9 Å². The molecule has 0 aliphatic heterocycles. The van der Waals surface area contributed by atoms with Gasteiger partial charge in [0.25, 0.3) is 0 Å². The Labute approximate surface area is 88.6 Å². The van der Waals surface area contributed by atoms with Crippen LogP contribution in [0.4, 0.5) is 5.69 Å². The van der Waals surface area contributed by atoms with Gasteiger partial charge in [0, 0.05) is 26.2 Å². The van der Waals surface area contributed by atoms with Crippen LogP contribution < -0.4 is 4.90 Å². The van der Waals surface area contributed by atoms with Gasteiger partial charge < -0.3 is 10.0 Å². The number of carboxylic acid groups (broad SMARTS) is 1. The Bertz CT molecular complexity index is 396. The molecule has 0 bridgehead atoms. The van der Waals surface area contributed by atoms with Crippen molar-refractivity contribution in [3.63, 3.8) is 0 Å². The minimum absolute atomic E-state index is 0.240. The molecule has 1 heterocycles. The van der Waals surface area contributed by atoms with Crippen molar-refractivity contribution >= 4 is 11.7 Å². The zero-order valence-electron chi connectivity index (χ0n) is 8.47. The molecule has 0 aliphatic rings. The number of hydrogen-bond acceptors (Lipinski definition) is 3. The van der Waals surface area contributed by atoms with E-state index in [9.17, 15) is 4.79 Å². The minimum atomic E-state index is -0.958. The summed E-state index contributed by atoms with van der Waals surface area (Å²) in [6.45, 7) is 0.614. The van der Waals surface area contributed by atoms with E-state index in [0.717, 1.165) is 0 Å². The fraction of sp³-hybridized carbons (Fsp3) is 0.273. The molecular weight excluding hydrogens is 192 g/mol. The highest BCUT2D eigenvalue weighted by Gasteiger charge is 2.12. The van der Waals surface area contributed by atoms with Crippen molar-refractivity contribution in [2.75, 3.05) is 18.5 Å². The van der Waals surface area contributed by atoms with Crippen molar-refractivity contribution in [2.45, 2.75) is 6.42 Å². The summed E-state index contributed by atoms with van der Waals surface area (Å²) in [5, 5.41) is 8.95. The largest absolute Gasteiger partial charge is 0.478 e. The van der Waals surface area contributed by atoms with Crippen molar-refractivity contribution in [1.82, 2.24) is 4.98 Å². The van der Waals surface area contributed by atoms with Crippen molar-refractivity contribution in [3.8, 4) is 12.3 Å². The third-order valence-electron chi connectivity index (χ3n) is 2.03. The fourth-order valence-corrected chi connectivity index (χ4v) is 1.22. The molecule has 0 amide bonds. The maximum atomic E-state index is 10.9. The molecule has 4 heteroatoms. The summed E-state index contributed by atoms with van der Waals surface area (Å²) < 4.78 is 0. The lowest BCUT2D eigenvalue weighted by Gasteiger charge is -2.19. The molecule has 1 aromatic heterocycles. The molecule has 0 saturated carbocycles. The van der Waals surface area contributed by atoms with E-state index < -0.39 is 5.97 Å². The lowest BCUT2D eigenvalue weighted by atomic mass is 10.2. The Hall–Kier alpha value is -2.02. The monoisotopic (exact) mass is 204 g/mol. The molecule has 1 N–H and O–H groups in total. The second-order valence-corrected chi connectivity index (χ2v) is 3.07. The van der Waals surface area contributed by atoms with Gasteiger partial charge in [0.05, 0.1) is 17.4 Å². The maximum Gasteiger partial charge on any atom is 0.337 e. The highest BCUT2D eigenvalue weighted by molar-refractivity contribution is 5.94. The van der Waals surface area contributed by atoms with Crippen molar-refractivity contribution < 1.29 is 9.90 Å². The van der Waals surface area contributed by atoms with Crippen LogP contribution >= 0.6 is 0 Å². The highest BCUT2D eigenvalue weighted by atomic mass is 16.4.